The minimum absolute atomic E-state index is 0.0312. The van der Waals surface area contributed by atoms with E-state index in [1.54, 1.807) is 0 Å². The van der Waals surface area contributed by atoms with Crippen molar-refractivity contribution in [3.05, 3.63) is 35.9 Å². The van der Waals surface area contributed by atoms with Gasteiger partial charge in [-0.25, -0.2) is 0 Å². The van der Waals surface area contributed by atoms with Gasteiger partial charge in [0.05, 0.1) is 11.9 Å². The van der Waals surface area contributed by atoms with Crippen LogP contribution in [-0.2, 0) is 4.74 Å². The molecule has 0 radical (unpaired) electrons. The molecule has 20 heavy (non-hydrogen) atoms. The lowest BCUT2D eigenvalue weighted by molar-refractivity contribution is -0.104. The van der Waals surface area contributed by atoms with E-state index in [0.29, 0.717) is 16.1 Å². The second-order valence-electron chi connectivity index (χ2n) is 7.67. The Morgan fingerprint density at radius 1 is 1.15 bits per heavy atom. The van der Waals surface area contributed by atoms with E-state index in [0.717, 1.165) is 12.5 Å². The maximum Gasteiger partial charge on any atom is 0.125 e. The van der Waals surface area contributed by atoms with E-state index >= 15 is 0 Å². The SMILES string of the molecule is CC12CCC(C1)C(C)(C)[C@]21OC[C@H](c2ccccc2)S1. The second kappa shape index (κ2) is 4.04. The Morgan fingerprint density at radius 2 is 1.90 bits per heavy atom. The van der Waals surface area contributed by atoms with Crippen molar-refractivity contribution in [2.24, 2.45) is 16.7 Å². The average molecular weight is 288 g/mol. The molecule has 1 heterocycles. The van der Waals surface area contributed by atoms with Crippen LogP contribution in [0.1, 0.15) is 50.8 Å². The summed E-state index contributed by atoms with van der Waals surface area (Å²) in [6.45, 7) is 8.24. The van der Waals surface area contributed by atoms with Crippen molar-refractivity contribution < 1.29 is 4.74 Å². The van der Waals surface area contributed by atoms with Gasteiger partial charge in [0, 0.05) is 10.8 Å². The van der Waals surface area contributed by atoms with Crippen molar-refractivity contribution in [2.75, 3.05) is 6.61 Å². The van der Waals surface area contributed by atoms with Crippen LogP contribution in [-0.4, -0.2) is 11.5 Å². The lowest BCUT2D eigenvalue weighted by Gasteiger charge is -2.50. The molecule has 3 fully saturated rings. The quantitative estimate of drug-likeness (QED) is 0.716. The summed E-state index contributed by atoms with van der Waals surface area (Å²) in [5.41, 5.74) is 2.10. The summed E-state index contributed by atoms with van der Waals surface area (Å²) in [6, 6.07) is 10.9. The highest BCUT2D eigenvalue weighted by Gasteiger charge is 2.72. The van der Waals surface area contributed by atoms with E-state index in [-0.39, 0.29) is 4.93 Å². The maximum absolute atomic E-state index is 6.58. The Bertz CT molecular complexity index is 519. The Labute approximate surface area is 126 Å². The van der Waals surface area contributed by atoms with Crippen LogP contribution in [0.5, 0.6) is 0 Å². The van der Waals surface area contributed by atoms with Crippen molar-refractivity contribution in [3.63, 3.8) is 0 Å². The minimum atomic E-state index is 0.0312. The van der Waals surface area contributed by atoms with Crippen molar-refractivity contribution in [1.82, 2.24) is 0 Å². The van der Waals surface area contributed by atoms with E-state index in [1.165, 1.54) is 24.8 Å². The molecular formula is C18H24OS. The standard InChI is InChI=1S/C18H24OS/c1-16(2)14-9-10-17(3,11-14)18(16)19-12-15(20-18)13-7-5-4-6-8-13/h4-8,14-15H,9-12H2,1-3H3/t14?,15-,17?,18-/m1/s1. The largest absolute Gasteiger partial charge is 0.362 e. The molecule has 2 aliphatic carbocycles. The summed E-state index contributed by atoms with van der Waals surface area (Å²) in [5, 5.41) is 0.506. The fourth-order valence-electron chi connectivity index (χ4n) is 5.15. The van der Waals surface area contributed by atoms with Gasteiger partial charge in [-0.3, -0.25) is 0 Å². The highest BCUT2D eigenvalue weighted by atomic mass is 32.2. The zero-order valence-corrected chi connectivity index (χ0v) is 13.5. The number of thioether (sulfide) groups is 1. The topological polar surface area (TPSA) is 9.23 Å². The molecule has 0 aromatic heterocycles. The van der Waals surface area contributed by atoms with Gasteiger partial charge >= 0.3 is 0 Å². The monoisotopic (exact) mass is 288 g/mol. The molecule has 1 saturated heterocycles. The van der Waals surface area contributed by atoms with Crippen molar-refractivity contribution in [3.8, 4) is 0 Å². The molecular weight excluding hydrogens is 264 g/mol. The van der Waals surface area contributed by atoms with Crippen LogP contribution in [0.2, 0.25) is 0 Å². The first-order valence-corrected chi connectivity index (χ1v) is 8.73. The molecule has 1 spiro atoms. The first-order chi connectivity index (χ1) is 9.49. The second-order valence-corrected chi connectivity index (χ2v) is 9.05. The number of hydrogen-bond acceptors (Lipinski definition) is 2. The summed E-state index contributed by atoms with van der Waals surface area (Å²) in [6.07, 6.45) is 4.09. The fraction of sp³-hybridized carbons (Fsp3) is 0.667. The van der Waals surface area contributed by atoms with E-state index in [1.807, 2.05) is 0 Å². The normalized spacial score (nSPS) is 45.4. The first kappa shape index (κ1) is 13.2. The van der Waals surface area contributed by atoms with Crippen LogP contribution in [0.15, 0.2) is 30.3 Å². The number of hydrogen-bond donors (Lipinski definition) is 0. The Hall–Kier alpha value is -0.470. The summed E-state index contributed by atoms with van der Waals surface area (Å²) < 4.78 is 6.58. The molecule has 2 unspecified atom stereocenters. The van der Waals surface area contributed by atoms with E-state index in [9.17, 15) is 0 Å². The lowest BCUT2D eigenvalue weighted by Crippen LogP contribution is -2.51. The number of ether oxygens (including phenoxy) is 1. The molecule has 0 amide bonds. The summed E-state index contributed by atoms with van der Waals surface area (Å²) in [4.78, 5) is 0.0312. The van der Waals surface area contributed by atoms with Gasteiger partial charge < -0.3 is 4.74 Å². The lowest BCUT2D eigenvalue weighted by atomic mass is 9.69. The molecule has 108 valence electrons. The van der Waals surface area contributed by atoms with Crippen LogP contribution in [0.25, 0.3) is 0 Å². The Balaban J connectivity index is 1.70. The highest BCUT2D eigenvalue weighted by Crippen LogP contribution is 2.76. The van der Waals surface area contributed by atoms with Gasteiger partial charge in [-0.05, 0) is 30.7 Å². The first-order valence-electron chi connectivity index (χ1n) is 7.85. The van der Waals surface area contributed by atoms with Crippen LogP contribution in [0.4, 0.5) is 0 Å². The van der Waals surface area contributed by atoms with Gasteiger partial charge in [0.1, 0.15) is 4.93 Å². The fourth-order valence-corrected chi connectivity index (χ4v) is 7.06. The number of benzene rings is 1. The molecule has 2 heteroatoms. The zero-order valence-electron chi connectivity index (χ0n) is 12.7. The third kappa shape index (κ3) is 1.45. The van der Waals surface area contributed by atoms with Crippen LogP contribution >= 0.6 is 11.8 Å². The van der Waals surface area contributed by atoms with E-state index < -0.39 is 0 Å². The predicted octanol–water partition coefficient (Wildman–Crippen LogP) is 5.03. The molecule has 4 rings (SSSR count). The molecule has 0 N–H and O–H groups in total. The van der Waals surface area contributed by atoms with Crippen LogP contribution < -0.4 is 0 Å². The van der Waals surface area contributed by atoms with Crippen LogP contribution in [0.3, 0.4) is 0 Å². The van der Waals surface area contributed by atoms with Crippen molar-refractivity contribution >= 4 is 11.8 Å². The number of fused-ring (bicyclic) bond motifs is 3. The maximum atomic E-state index is 6.58. The van der Waals surface area contributed by atoms with Gasteiger partial charge in [0.2, 0.25) is 0 Å². The highest BCUT2D eigenvalue weighted by molar-refractivity contribution is 8.01. The van der Waals surface area contributed by atoms with Gasteiger partial charge in [-0.2, -0.15) is 0 Å². The number of rotatable bonds is 1. The molecule has 1 aromatic carbocycles. The minimum Gasteiger partial charge on any atom is -0.362 e. The van der Waals surface area contributed by atoms with Crippen molar-refractivity contribution in [1.29, 1.82) is 0 Å². The predicted molar refractivity (Wildman–Crippen MR) is 84.7 cm³/mol. The molecule has 1 nitrogen and oxygen atoms in total. The van der Waals surface area contributed by atoms with Gasteiger partial charge in [-0.1, -0.05) is 51.1 Å². The molecule has 2 saturated carbocycles. The third-order valence-corrected chi connectivity index (χ3v) is 8.48. The molecule has 1 aliphatic heterocycles. The van der Waals surface area contributed by atoms with E-state index in [4.69, 9.17) is 4.74 Å². The van der Waals surface area contributed by atoms with E-state index in [2.05, 4.69) is 62.9 Å². The zero-order chi connectivity index (χ0) is 14.0. The third-order valence-electron chi connectivity index (χ3n) is 6.32. The smallest absolute Gasteiger partial charge is 0.125 e. The van der Waals surface area contributed by atoms with Gasteiger partial charge in [0.15, 0.2) is 0 Å². The average Bonchev–Trinajstić information content (AvgIpc) is 3.08. The summed E-state index contributed by atoms with van der Waals surface area (Å²) in [5.74, 6) is 0.842. The molecule has 1 aromatic rings. The van der Waals surface area contributed by atoms with Gasteiger partial charge in [-0.15, -0.1) is 11.8 Å². The van der Waals surface area contributed by atoms with Crippen molar-refractivity contribution in [2.45, 2.75) is 50.2 Å². The summed E-state index contributed by atoms with van der Waals surface area (Å²) >= 11 is 2.12. The molecule has 2 bridgehead atoms. The molecule has 4 atom stereocenters. The Morgan fingerprint density at radius 3 is 2.55 bits per heavy atom. The van der Waals surface area contributed by atoms with Gasteiger partial charge in [0.25, 0.3) is 0 Å². The Kier molecular flexibility index (Phi) is 2.67. The molecule has 3 aliphatic rings. The van der Waals surface area contributed by atoms with Crippen LogP contribution in [0, 0.1) is 16.7 Å². The summed E-state index contributed by atoms with van der Waals surface area (Å²) in [7, 11) is 0.